The maximum Gasteiger partial charge on any atom is 0.411 e. The van der Waals surface area contributed by atoms with Crippen LogP contribution in [-0.4, -0.2) is 47.6 Å². The van der Waals surface area contributed by atoms with Crippen LogP contribution in [0, 0.1) is 5.92 Å². The van der Waals surface area contributed by atoms with Crippen LogP contribution in [0.4, 0.5) is 25.4 Å². The summed E-state index contributed by atoms with van der Waals surface area (Å²) < 4.78 is 20.3. The van der Waals surface area contributed by atoms with Gasteiger partial charge < -0.3 is 20.3 Å². The van der Waals surface area contributed by atoms with E-state index in [-0.39, 0.29) is 28.9 Å². The van der Waals surface area contributed by atoms with E-state index in [0.29, 0.717) is 61.3 Å². The van der Waals surface area contributed by atoms with Gasteiger partial charge in [-0.3, -0.25) is 15.1 Å². The second-order valence-electron chi connectivity index (χ2n) is 11.4. The number of rotatable bonds is 6. The van der Waals surface area contributed by atoms with Gasteiger partial charge in [-0.25, -0.2) is 14.0 Å². The molecule has 0 spiro atoms. The Morgan fingerprint density at radius 3 is 2.69 bits per heavy atom. The van der Waals surface area contributed by atoms with E-state index in [4.69, 9.17) is 16.3 Å². The van der Waals surface area contributed by atoms with E-state index in [0.717, 1.165) is 16.7 Å². The van der Waals surface area contributed by atoms with Gasteiger partial charge in [-0.2, -0.15) is 0 Å². The summed E-state index contributed by atoms with van der Waals surface area (Å²) >= 11 is 6.25. The molecule has 3 atom stereocenters. The number of nitrogens with zero attached hydrogens (tertiary/aromatic N) is 2. The van der Waals surface area contributed by atoms with E-state index in [1.54, 1.807) is 36.2 Å². The fourth-order valence-corrected chi connectivity index (χ4v) is 6.00. The van der Waals surface area contributed by atoms with Crippen molar-refractivity contribution in [2.24, 2.45) is 5.92 Å². The second-order valence-corrected chi connectivity index (χ2v) is 11.8. The van der Waals surface area contributed by atoms with Gasteiger partial charge in [0.15, 0.2) is 0 Å². The van der Waals surface area contributed by atoms with Crippen LogP contribution >= 0.6 is 11.6 Å². The molecule has 4 amide bonds. The van der Waals surface area contributed by atoms with E-state index in [9.17, 15) is 14.4 Å². The fraction of sp³-hybridized carbons (Fsp3) is 0.412. The predicted octanol–water partition coefficient (Wildman–Crippen LogP) is 8.23. The van der Waals surface area contributed by atoms with Crippen molar-refractivity contribution in [3.05, 3.63) is 76.4 Å². The highest BCUT2D eigenvalue weighted by molar-refractivity contribution is 6.31. The van der Waals surface area contributed by atoms with Crippen LogP contribution < -0.4 is 16.0 Å². The zero-order chi connectivity index (χ0) is 32.7. The van der Waals surface area contributed by atoms with Crippen molar-refractivity contribution < 1.29 is 23.5 Å². The first kappa shape index (κ1) is 33.7. The number of aromatic nitrogens is 1. The first-order valence-corrected chi connectivity index (χ1v) is 15.7. The van der Waals surface area contributed by atoms with Crippen molar-refractivity contribution in [1.82, 2.24) is 15.2 Å². The average molecular weight is 638 g/mol. The van der Waals surface area contributed by atoms with Crippen molar-refractivity contribution in [2.75, 3.05) is 24.3 Å². The number of carbonyl (C=O) groups is 3. The number of allylic oxidation sites excluding steroid dienone is 4. The Hall–Kier alpha value is -4.18. The fourth-order valence-electron chi connectivity index (χ4n) is 5.78. The summed E-state index contributed by atoms with van der Waals surface area (Å²) in [4.78, 5) is 45.2. The molecule has 0 saturated carbocycles. The number of hydrogen-bond donors (Lipinski definition) is 3. The molecule has 1 aromatic carbocycles. The van der Waals surface area contributed by atoms with Gasteiger partial charge in [0.1, 0.15) is 5.83 Å². The van der Waals surface area contributed by atoms with E-state index in [1.807, 2.05) is 39.0 Å². The van der Waals surface area contributed by atoms with Gasteiger partial charge in [0.25, 0.3) is 0 Å². The third kappa shape index (κ3) is 7.92. The summed E-state index contributed by atoms with van der Waals surface area (Å²) in [5.41, 5.74) is 4.50. The monoisotopic (exact) mass is 637 g/mol. The summed E-state index contributed by atoms with van der Waals surface area (Å²) in [7, 11) is 1.28. The topological polar surface area (TPSA) is 113 Å². The van der Waals surface area contributed by atoms with E-state index < -0.39 is 18.0 Å². The number of hydrogen-bond acceptors (Lipinski definition) is 5. The second kappa shape index (κ2) is 15.2. The molecule has 1 aromatic heterocycles. The summed E-state index contributed by atoms with van der Waals surface area (Å²) in [6.07, 6.45) is 7.22. The number of carbonyl (C=O) groups excluding carboxylic acids is 3. The molecule has 1 fully saturated rings. The lowest BCUT2D eigenvalue weighted by atomic mass is 9.92. The van der Waals surface area contributed by atoms with Gasteiger partial charge >= 0.3 is 12.1 Å². The van der Waals surface area contributed by atoms with Gasteiger partial charge in [0.2, 0.25) is 5.91 Å². The Bertz CT molecular complexity index is 1540. The molecule has 45 heavy (non-hydrogen) atoms. The smallest absolute Gasteiger partial charge is 0.411 e. The molecule has 2 aromatic rings. The molecular formula is C34H41ClFN5O4. The zero-order valence-electron chi connectivity index (χ0n) is 26.4. The van der Waals surface area contributed by atoms with E-state index >= 15 is 4.39 Å². The molecule has 2 aliphatic heterocycles. The predicted molar refractivity (Wildman–Crippen MR) is 176 cm³/mol. The third-order valence-electron chi connectivity index (χ3n) is 8.40. The molecule has 240 valence electrons. The van der Waals surface area contributed by atoms with Crippen LogP contribution in [0.5, 0.6) is 0 Å². The number of benzene rings is 1. The number of ether oxygens (including phenoxy) is 1. The molecule has 3 N–H and O–H groups in total. The molecule has 3 heterocycles. The Morgan fingerprint density at radius 2 is 2.00 bits per heavy atom. The largest absolute Gasteiger partial charge is 0.453 e. The van der Waals surface area contributed by atoms with Crippen LogP contribution in [-0.2, 0) is 9.53 Å². The molecule has 4 rings (SSSR count). The molecule has 2 bridgehead atoms. The quantitative estimate of drug-likeness (QED) is 0.276. The molecule has 2 aliphatic rings. The minimum Gasteiger partial charge on any atom is -0.453 e. The average Bonchev–Trinajstić information content (AvgIpc) is 3.03. The summed E-state index contributed by atoms with van der Waals surface area (Å²) in [5, 5.41) is 8.72. The number of urea groups is 1. The lowest BCUT2D eigenvalue weighted by Crippen LogP contribution is -2.53. The molecule has 2 unspecified atom stereocenters. The van der Waals surface area contributed by atoms with Crippen LogP contribution in [0.3, 0.4) is 0 Å². The SMILES string of the molecule is C\C=C/C(Cl)=C(F)\C(=C(/C)CC)C1CCN(C2CCC[C@H](C)C(=O)Nc3cc(NC(=O)OC)ccc3-c3ccnc2c3)C(=O)N1. The zero-order valence-corrected chi connectivity index (χ0v) is 27.1. The van der Waals surface area contributed by atoms with E-state index in [2.05, 4.69) is 20.9 Å². The Kier molecular flexibility index (Phi) is 11.4. The minimum atomic E-state index is -0.619. The molecule has 11 heteroatoms. The van der Waals surface area contributed by atoms with Gasteiger partial charge in [0.05, 0.1) is 35.6 Å². The van der Waals surface area contributed by atoms with Gasteiger partial charge in [-0.1, -0.05) is 49.6 Å². The first-order chi connectivity index (χ1) is 21.6. The Morgan fingerprint density at radius 1 is 1.22 bits per heavy atom. The highest BCUT2D eigenvalue weighted by Gasteiger charge is 2.35. The third-order valence-corrected chi connectivity index (χ3v) is 8.69. The highest BCUT2D eigenvalue weighted by Crippen LogP contribution is 2.37. The summed E-state index contributed by atoms with van der Waals surface area (Å²) in [5.74, 6) is -0.972. The van der Waals surface area contributed by atoms with Crippen LogP contribution in [0.25, 0.3) is 11.1 Å². The number of halogens is 2. The van der Waals surface area contributed by atoms with Crippen LogP contribution in [0.15, 0.2) is 70.7 Å². The molecule has 9 nitrogen and oxygen atoms in total. The van der Waals surface area contributed by atoms with Crippen LogP contribution in [0.2, 0.25) is 0 Å². The number of anilines is 2. The van der Waals surface area contributed by atoms with Gasteiger partial charge in [0, 0.05) is 35.5 Å². The van der Waals surface area contributed by atoms with Crippen molar-refractivity contribution in [3.63, 3.8) is 0 Å². The Labute approximate surface area is 268 Å². The summed E-state index contributed by atoms with van der Waals surface area (Å²) in [6.45, 7) is 7.83. The summed E-state index contributed by atoms with van der Waals surface area (Å²) in [6, 6.07) is 7.81. The number of fused-ring (bicyclic) bond motifs is 4. The lowest BCUT2D eigenvalue weighted by molar-refractivity contribution is -0.119. The normalized spacial score (nSPS) is 21.8. The number of methoxy groups -OCH3 is 1. The van der Waals surface area contributed by atoms with Crippen molar-refractivity contribution >= 4 is 41.0 Å². The standard InChI is InChI=1S/C34H41ClFN5O4/c1-6-9-25(35)31(36)30(20(3)7-2)26-15-17-41(33(43)40-26)29-11-8-10-21(4)32(42)39-27-19-23(38-34(44)45-5)12-13-24(27)22-14-16-37-28(29)18-22/h6,9,12-14,16,18-19,21,26,29H,7-8,10-11,15,17H2,1-5H3,(H,38,44)(H,39,42)(H,40,43)/b9-6-,30-20+,31-25-/t21-,26?,29?/m0/s1. The number of pyridine rings is 1. The molecule has 0 radical (unpaired) electrons. The maximum absolute atomic E-state index is 15.5. The number of nitrogens with one attached hydrogen (secondary N) is 3. The number of amides is 4. The molecule has 0 aliphatic carbocycles. The first-order valence-electron chi connectivity index (χ1n) is 15.3. The Balaban J connectivity index is 1.69. The van der Waals surface area contributed by atoms with Crippen molar-refractivity contribution in [1.29, 1.82) is 0 Å². The lowest BCUT2D eigenvalue weighted by Gasteiger charge is -2.39. The van der Waals surface area contributed by atoms with Gasteiger partial charge in [-0.05, 0) is 75.4 Å². The van der Waals surface area contributed by atoms with Crippen molar-refractivity contribution in [2.45, 2.75) is 71.9 Å². The minimum absolute atomic E-state index is 0.00365. The molecule has 1 saturated heterocycles. The maximum atomic E-state index is 15.5. The molecular weight excluding hydrogens is 597 g/mol. The van der Waals surface area contributed by atoms with Gasteiger partial charge in [-0.15, -0.1) is 0 Å². The van der Waals surface area contributed by atoms with Crippen molar-refractivity contribution in [3.8, 4) is 11.1 Å². The van der Waals surface area contributed by atoms with E-state index in [1.165, 1.54) is 13.2 Å². The highest BCUT2D eigenvalue weighted by atomic mass is 35.5. The van der Waals surface area contributed by atoms with Crippen LogP contribution in [0.1, 0.15) is 71.5 Å².